The molecule has 0 saturated carbocycles. The molecule has 0 aliphatic heterocycles. The second kappa shape index (κ2) is 8.53. The van der Waals surface area contributed by atoms with E-state index in [1.807, 2.05) is 0 Å². The van der Waals surface area contributed by atoms with Gasteiger partial charge in [0.15, 0.2) is 0 Å². The Hall–Kier alpha value is -3.09. The van der Waals surface area contributed by atoms with Gasteiger partial charge in [-0.05, 0) is 44.0 Å². The molecule has 0 saturated heterocycles. The van der Waals surface area contributed by atoms with Crippen LogP contribution in [-0.2, 0) is 11.3 Å². The normalized spacial score (nSPS) is 10.4. The van der Waals surface area contributed by atoms with E-state index in [-0.39, 0.29) is 18.4 Å². The van der Waals surface area contributed by atoms with Gasteiger partial charge >= 0.3 is 5.97 Å². The van der Waals surface area contributed by atoms with Crippen molar-refractivity contribution in [3.63, 3.8) is 0 Å². The first kappa shape index (κ1) is 20.2. The molecule has 0 radical (unpaired) electrons. The first-order valence-electron chi connectivity index (χ1n) is 8.71. The molecule has 1 aromatic carbocycles. The monoisotopic (exact) mass is 371 g/mol. The van der Waals surface area contributed by atoms with Crippen LogP contribution in [0.2, 0.25) is 0 Å². The Bertz CT molecular complexity index is 851. The lowest BCUT2D eigenvalue weighted by Gasteiger charge is -2.11. The first-order valence-corrected chi connectivity index (χ1v) is 8.71. The molecular weight excluding hydrogens is 346 g/mol. The lowest BCUT2D eigenvalue weighted by atomic mass is 10.1. The summed E-state index contributed by atoms with van der Waals surface area (Å²) >= 11 is 0. The number of benzene rings is 1. The molecule has 2 rings (SSSR count). The van der Waals surface area contributed by atoms with Crippen molar-refractivity contribution in [1.82, 2.24) is 15.2 Å². The SMILES string of the molecule is CCOC(=O)c1c(C)[nH]c(C(=O)NCc2ccc(C(=O)N(C)C)cc2)c1C. The third kappa shape index (κ3) is 4.55. The number of carbonyl (C=O) groups excluding carboxylic acids is 3. The Labute approximate surface area is 158 Å². The molecule has 7 heteroatoms. The molecule has 0 aliphatic rings. The van der Waals surface area contributed by atoms with Crippen LogP contribution >= 0.6 is 0 Å². The maximum atomic E-state index is 12.5. The van der Waals surface area contributed by atoms with E-state index < -0.39 is 5.97 Å². The number of rotatable bonds is 6. The number of hydrogen-bond donors (Lipinski definition) is 2. The highest BCUT2D eigenvalue weighted by Crippen LogP contribution is 2.19. The molecule has 0 bridgehead atoms. The van der Waals surface area contributed by atoms with Gasteiger partial charge < -0.3 is 19.9 Å². The molecular formula is C20H25N3O4. The lowest BCUT2D eigenvalue weighted by Crippen LogP contribution is -2.24. The summed E-state index contributed by atoms with van der Waals surface area (Å²) < 4.78 is 5.04. The van der Waals surface area contributed by atoms with E-state index in [9.17, 15) is 14.4 Å². The number of H-pyrrole nitrogens is 1. The van der Waals surface area contributed by atoms with Crippen molar-refractivity contribution in [2.75, 3.05) is 20.7 Å². The molecule has 0 spiro atoms. The molecule has 2 N–H and O–H groups in total. The van der Waals surface area contributed by atoms with Gasteiger partial charge in [-0.1, -0.05) is 12.1 Å². The molecule has 2 amide bonds. The van der Waals surface area contributed by atoms with Gasteiger partial charge in [-0.2, -0.15) is 0 Å². The van der Waals surface area contributed by atoms with Crippen LogP contribution in [0.15, 0.2) is 24.3 Å². The molecule has 0 fully saturated rings. The minimum absolute atomic E-state index is 0.0745. The molecule has 2 aromatic rings. The fourth-order valence-electron chi connectivity index (χ4n) is 2.78. The van der Waals surface area contributed by atoms with Crippen LogP contribution in [0.5, 0.6) is 0 Å². The third-order valence-corrected chi connectivity index (χ3v) is 4.20. The Morgan fingerprint density at radius 3 is 2.30 bits per heavy atom. The maximum absolute atomic E-state index is 12.5. The molecule has 1 aromatic heterocycles. The number of aryl methyl sites for hydroxylation is 1. The molecule has 0 atom stereocenters. The highest BCUT2D eigenvalue weighted by Gasteiger charge is 2.22. The first-order chi connectivity index (χ1) is 12.8. The van der Waals surface area contributed by atoms with Crippen molar-refractivity contribution >= 4 is 17.8 Å². The van der Waals surface area contributed by atoms with Gasteiger partial charge in [-0.15, -0.1) is 0 Å². The summed E-state index contributed by atoms with van der Waals surface area (Å²) in [6, 6.07) is 7.06. The van der Waals surface area contributed by atoms with Crippen LogP contribution in [0.25, 0.3) is 0 Å². The highest BCUT2D eigenvalue weighted by atomic mass is 16.5. The zero-order valence-corrected chi connectivity index (χ0v) is 16.3. The molecule has 27 heavy (non-hydrogen) atoms. The zero-order valence-electron chi connectivity index (χ0n) is 16.3. The average molecular weight is 371 g/mol. The Morgan fingerprint density at radius 2 is 1.74 bits per heavy atom. The van der Waals surface area contributed by atoms with E-state index in [2.05, 4.69) is 10.3 Å². The Balaban J connectivity index is 2.07. The highest BCUT2D eigenvalue weighted by molar-refractivity contribution is 6.00. The van der Waals surface area contributed by atoms with Crippen molar-refractivity contribution < 1.29 is 19.1 Å². The number of aromatic nitrogens is 1. The lowest BCUT2D eigenvalue weighted by molar-refractivity contribution is 0.0524. The summed E-state index contributed by atoms with van der Waals surface area (Å²) in [4.78, 5) is 40.9. The number of aromatic amines is 1. The van der Waals surface area contributed by atoms with Gasteiger partial charge in [0.2, 0.25) is 0 Å². The Kier molecular flexibility index (Phi) is 6.39. The third-order valence-electron chi connectivity index (χ3n) is 4.20. The van der Waals surface area contributed by atoms with Crippen LogP contribution in [-0.4, -0.2) is 48.4 Å². The van der Waals surface area contributed by atoms with Crippen LogP contribution in [0.3, 0.4) is 0 Å². The van der Waals surface area contributed by atoms with Crippen molar-refractivity contribution in [2.45, 2.75) is 27.3 Å². The van der Waals surface area contributed by atoms with Crippen LogP contribution in [0, 0.1) is 13.8 Å². The molecule has 0 aliphatic carbocycles. The van der Waals surface area contributed by atoms with E-state index in [1.54, 1.807) is 59.1 Å². The number of ether oxygens (including phenoxy) is 1. The quantitative estimate of drug-likeness (QED) is 0.763. The number of amides is 2. The molecule has 7 nitrogen and oxygen atoms in total. The van der Waals surface area contributed by atoms with Gasteiger partial charge in [0.1, 0.15) is 5.69 Å². The second-order valence-corrected chi connectivity index (χ2v) is 6.42. The summed E-state index contributed by atoms with van der Waals surface area (Å²) in [5.74, 6) is -0.821. The number of esters is 1. The standard InChI is InChI=1S/C20H25N3O4/c1-6-27-20(26)16-12(2)17(22-13(16)3)18(24)21-11-14-7-9-15(10-8-14)19(25)23(4)5/h7-10,22H,6,11H2,1-5H3,(H,21,24). The van der Waals surface area contributed by atoms with Crippen molar-refractivity contribution in [1.29, 1.82) is 0 Å². The van der Waals surface area contributed by atoms with E-state index in [0.717, 1.165) is 5.56 Å². The largest absolute Gasteiger partial charge is 0.462 e. The molecule has 0 unspecified atom stereocenters. The second-order valence-electron chi connectivity index (χ2n) is 6.42. The minimum Gasteiger partial charge on any atom is -0.462 e. The van der Waals surface area contributed by atoms with Gasteiger partial charge in [0, 0.05) is 31.9 Å². The number of carbonyl (C=O) groups is 3. The number of nitrogens with zero attached hydrogens (tertiary/aromatic N) is 1. The molecule has 144 valence electrons. The predicted octanol–water partition coefficient (Wildman–Crippen LogP) is 2.44. The smallest absolute Gasteiger partial charge is 0.340 e. The minimum atomic E-state index is -0.441. The van der Waals surface area contributed by atoms with Gasteiger partial charge in [0.25, 0.3) is 11.8 Å². The van der Waals surface area contributed by atoms with Crippen molar-refractivity contribution in [3.05, 3.63) is 57.9 Å². The maximum Gasteiger partial charge on any atom is 0.340 e. The summed E-state index contributed by atoms with van der Waals surface area (Å²) in [7, 11) is 3.39. The average Bonchev–Trinajstić information content (AvgIpc) is 2.94. The Morgan fingerprint density at radius 1 is 1.11 bits per heavy atom. The van der Waals surface area contributed by atoms with Gasteiger partial charge in [0.05, 0.1) is 12.2 Å². The zero-order chi connectivity index (χ0) is 20.1. The van der Waals surface area contributed by atoms with E-state index >= 15 is 0 Å². The van der Waals surface area contributed by atoms with Crippen LogP contribution in [0.1, 0.15) is 54.9 Å². The van der Waals surface area contributed by atoms with E-state index in [1.165, 1.54) is 4.90 Å². The summed E-state index contributed by atoms with van der Waals surface area (Å²) in [6.45, 7) is 5.77. The van der Waals surface area contributed by atoms with Gasteiger partial charge in [-0.25, -0.2) is 4.79 Å². The fourth-order valence-corrected chi connectivity index (χ4v) is 2.78. The fraction of sp³-hybridized carbons (Fsp3) is 0.350. The number of hydrogen-bond acceptors (Lipinski definition) is 4. The summed E-state index contributed by atoms with van der Waals surface area (Å²) in [5.41, 5.74) is 3.36. The number of nitrogens with one attached hydrogen (secondary N) is 2. The van der Waals surface area contributed by atoms with Crippen LogP contribution < -0.4 is 5.32 Å². The molecule has 1 heterocycles. The van der Waals surface area contributed by atoms with E-state index in [4.69, 9.17) is 4.74 Å². The van der Waals surface area contributed by atoms with E-state index in [0.29, 0.717) is 34.6 Å². The predicted molar refractivity (Wildman–Crippen MR) is 102 cm³/mol. The van der Waals surface area contributed by atoms with Gasteiger partial charge in [-0.3, -0.25) is 9.59 Å². The topological polar surface area (TPSA) is 91.5 Å². The van der Waals surface area contributed by atoms with Crippen molar-refractivity contribution in [3.8, 4) is 0 Å². The van der Waals surface area contributed by atoms with Crippen molar-refractivity contribution in [2.24, 2.45) is 0 Å². The summed E-state index contributed by atoms with van der Waals surface area (Å²) in [6.07, 6.45) is 0. The van der Waals surface area contributed by atoms with Crippen LogP contribution in [0.4, 0.5) is 0 Å². The summed E-state index contributed by atoms with van der Waals surface area (Å²) in [5, 5.41) is 2.82.